The van der Waals surface area contributed by atoms with Crippen molar-refractivity contribution >= 4 is 45.9 Å². The van der Waals surface area contributed by atoms with Gasteiger partial charge in [0.2, 0.25) is 5.91 Å². The number of rotatable bonds is 6. The molecule has 2 rings (SSSR count). The van der Waals surface area contributed by atoms with Crippen molar-refractivity contribution < 1.29 is 18.0 Å². The minimum Gasteiger partial charge on any atom is -0.325 e. The summed E-state index contributed by atoms with van der Waals surface area (Å²) in [6.45, 7) is 0. The summed E-state index contributed by atoms with van der Waals surface area (Å²) in [6.07, 6.45) is -2.50. The molecule has 0 aliphatic carbocycles. The largest absolute Gasteiger partial charge is 0.416 e. The molecule has 1 N–H and O–H groups in total. The summed E-state index contributed by atoms with van der Waals surface area (Å²) < 4.78 is 38.7. The van der Waals surface area contributed by atoms with Crippen LogP contribution in [-0.4, -0.2) is 16.6 Å². The molecule has 0 radical (unpaired) electrons. The Labute approximate surface area is 155 Å². The van der Waals surface area contributed by atoms with Crippen LogP contribution < -0.4 is 5.32 Å². The third kappa shape index (κ3) is 5.97. The number of nitrogens with zero attached hydrogens (tertiary/aromatic N) is 1. The van der Waals surface area contributed by atoms with Gasteiger partial charge in [-0.3, -0.25) is 9.78 Å². The van der Waals surface area contributed by atoms with Gasteiger partial charge < -0.3 is 5.32 Å². The standard InChI is InChI=1S/C16H14F3IN2OS/c17-16(18,19)11-4-5-13(20)14(9-11)22-15(23)6-8-24-10-12-3-1-2-7-21-12/h1-5,7,9H,6,8,10H2,(H,22,23). The number of nitrogens with one attached hydrogen (secondary N) is 1. The smallest absolute Gasteiger partial charge is 0.325 e. The van der Waals surface area contributed by atoms with Crippen LogP contribution in [0, 0.1) is 3.57 Å². The zero-order valence-corrected chi connectivity index (χ0v) is 15.4. The summed E-state index contributed by atoms with van der Waals surface area (Å²) >= 11 is 3.45. The van der Waals surface area contributed by atoms with Gasteiger partial charge in [-0.25, -0.2) is 0 Å². The minimum absolute atomic E-state index is 0.185. The van der Waals surface area contributed by atoms with Crippen LogP contribution in [0.25, 0.3) is 0 Å². The first-order valence-corrected chi connectivity index (χ1v) is 9.24. The quantitative estimate of drug-likeness (QED) is 0.483. The molecule has 8 heteroatoms. The highest BCUT2D eigenvalue weighted by Gasteiger charge is 2.31. The molecular weight excluding hydrogens is 452 g/mol. The Morgan fingerprint density at radius 1 is 1.25 bits per heavy atom. The average molecular weight is 466 g/mol. The van der Waals surface area contributed by atoms with Gasteiger partial charge in [-0.2, -0.15) is 24.9 Å². The summed E-state index contributed by atoms with van der Waals surface area (Å²) in [5, 5.41) is 2.55. The zero-order valence-electron chi connectivity index (χ0n) is 12.4. The van der Waals surface area contributed by atoms with Gasteiger partial charge in [0.15, 0.2) is 0 Å². The van der Waals surface area contributed by atoms with Crippen LogP contribution in [0.2, 0.25) is 0 Å². The molecule has 0 saturated carbocycles. The molecule has 3 nitrogen and oxygen atoms in total. The number of thioether (sulfide) groups is 1. The molecule has 0 saturated heterocycles. The highest BCUT2D eigenvalue weighted by molar-refractivity contribution is 14.1. The lowest BCUT2D eigenvalue weighted by atomic mass is 10.2. The Hall–Kier alpha value is -1.29. The first-order chi connectivity index (χ1) is 11.4. The summed E-state index contributed by atoms with van der Waals surface area (Å²) in [6, 6.07) is 8.93. The highest BCUT2D eigenvalue weighted by atomic mass is 127. The van der Waals surface area contributed by atoms with Crippen molar-refractivity contribution in [3.05, 3.63) is 57.4 Å². The number of pyridine rings is 1. The first kappa shape index (κ1) is 19.0. The lowest BCUT2D eigenvalue weighted by Crippen LogP contribution is -2.14. The average Bonchev–Trinajstić information content (AvgIpc) is 2.53. The van der Waals surface area contributed by atoms with Gasteiger partial charge >= 0.3 is 6.18 Å². The highest BCUT2D eigenvalue weighted by Crippen LogP contribution is 2.32. The number of alkyl halides is 3. The second-order valence-corrected chi connectivity index (χ2v) is 7.13. The Morgan fingerprint density at radius 2 is 2.04 bits per heavy atom. The molecule has 1 aromatic heterocycles. The van der Waals surface area contributed by atoms with E-state index in [0.717, 1.165) is 17.8 Å². The second-order valence-electron chi connectivity index (χ2n) is 4.86. The summed E-state index contributed by atoms with van der Waals surface area (Å²) in [4.78, 5) is 16.1. The number of carbonyl (C=O) groups is 1. The molecule has 128 valence electrons. The fourth-order valence-corrected chi connectivity index (χ4v) is 3.16. The van der Waals surface area contributed by atoms with Gasteiger partial charge in [-0.1, -0.05) is 6.07 Å². The lowest BCUT2D eigenvalue weighted by Gasteiger charge is -2.11. The van der Waals surface area contributed by atoms with Crippen molar-refractivity contribution in [2.75, 3.05) is 11.1 Å². The number of benzene rings is 1. The SMILES string of the molecule is O=C(CCSCc1ccccn1)Nc1cc(C(F)(F)F)ccc1I. The molecule has 0 aliphatic rings. The number of carbonyl (C=O) groups excluding carboxylic acids is 1. The van der Waals surface area contributed by atoms with Crippen molar-refractivity contribution in [3.8, 4) is 0 Å². The Kier molecular flexibility index (Phi) is 6.90. The number of aromatic nitrogens is 1. The van der Waals surface area contributed by atoms with Crippen molar-refractivity contribution in [3.63, 3.8) is 0 Å². The van der Waals surface area contributed by atoms with E-state index in [0.29, 0.717) is 15.1 Å². The van der Waals surface area contributed by atoms with Crippen LogP contribution in [0.5, 0.6) is 0 Å². The molecule has 1 aromatic carbocycles. The van der Waals surface area contributed by atoms with E-state index in [1.54, 1.807) is 18.0 Å². The zero-order chi connectivity index (χ0) is 17.6. The molecule has 24 heavy (non-hydrogen) atoms. The number of hydrogen-bond donors (Lipinski definition) is 1. The molecule has 0 fully saturated rings. The Bertz CT molecular complexity index is 695. The van der Waals surface area contributed by atoms with Crippen LogP contribution in [0.15, 0.2) is 42.6 Å². The van der Waals surface area contributed by atoms with Crippen molar-refractivity contribution in [2.45, 2.75) is 18.3 Å². The van der Waals surface area contributed by atoms with Gasteiger partial charge in [-0.15, -0.1) is 0 Å². The number of anilines is 1. The first-order valence-electron chi connectivity index (χ1n) is 7.00. The molecule has 0 aliphatic heterocycles. The van der Waals surface area contributed by atoms with E-state index < -0.39 is 11.7 Å². The van der Waals surface area contributed by atoms with Gasteiger partial charge in [0.25, 0.3) is 0 Å². The Balaban J connectivity index is 1.84. The summed E-state index contributed by atoms with van der Waals surface area (Å²) in [5.74, 6) is 0.952. The summed E-state index contributed by atoms with van der Waals surface area (Å²) in [5.41, 5.74) is 0.336. The third-order valence-electron chi connectivity index (χ3n) is 3.02. The normalized spacial score (nSPS) is 11.3. The monoisotopic (exact) mass is 466 g/mol. The van der Waals surface area contributed by atoms with E-state index in [4.69, 9.17) is 0 Å². The maximum absolute atomic E-state index is 12.7. The van der Waals surface area contributed by atoms with Crippen LogP contribution in [-0.2, 0) is 16.7 Å². The van der Waals surface area contributed by atoms with Gasteiger partial charge in [0.05, 0.1) is 16.9 Å². The maximum Gasteiger partial charge on any atom is 0.416 e. The summed E-state index contributed by atoms with van der Waals surface area (Å²) in [7, 11) is 0. The van der Waals surface area contributed by atoms with E-state index in [1.165, 1.54) is 6.07 Å². The van der Waals surface area contributed by atoms with E-state index in [-0.39, 0.29) is 18.0 Å². The van der Waals surface area contributed by atoms with Crippen molar-refractivity contribution in [1.82, 2.24) is 4.98 Å². The van der Waals surface area contributed by atoms with E-state index in [2.05, 4.69) is 10.3 Å². The number of amides is 1. The number of hydrogen-bond acceptors (Lipinski definition) is 3. The van der Waals surface area contributed by atoms with Gasteiger partial charge in [0.1, 0.15) is 0 Å². The predicted molar refractivity (Wildman–Crippen MR) is 97.8 cm³/mol. The van der Waals surface area contributed by atoms with Crippen LogP contribution in [0.4, 0.5) is 18.9 Å². The van der Waals surface area contributed by atoms with E-state index >= 15 is 0 Å². The molecule has 1 amide bonds. The van der Waals surface area contributed by atoms with Crippen molar-refractivity contribution in [1.29, 1.82) is 0 Å². The molecule has 0 unspecified atom stereocenters. The van der Waals surface area contributed by atoms with E-state index in [9.17, 15) is 18.0 Å². The topological polar surface area (TPSA) is 42.0 Å². The predicted octanol–water partition coefficient (Wildman–Crippen LogP) is 4.97. The van der Waals surface area contributed by atoms with Crippen molar-refractivity contribution in [2.24, 2.45) is 0 Å². The lowest BCUT2D eigenvalue weighted by molar-refractivity contribution is -0.137. The third-order valence-corrected chi connectivity index (χ3v) is 4.95. The molecule has 0 spiro atoms. The molecule has 2 aromatic rings. The number of halogens is 4. The molecule has 0 bridgehead atoms. The molecule has 1 heterocycles. The Morgan fingerprint density at radius 3 is 2.71 bits per heavy atom. The fraction of sp³-hybridized carbons (Fsp3) is 0.250. The molecular formula is C16H14F3IN2OS. The fourth-order valence-electron chi connectivity index (χ4n) is 1.84. The van der Waals surface area contributed by atoms with Gasteiger partial charge in [-0.05, 0) is 52.9 Å². The van der Waals surface area contributed by atoms with Crippen LogP contribution >= 0.6 is 34.4 Å². The maximum atomic E-state index is 12.7. The van der Waals surface area contributed by atoms with Crippen LogP contribution in [0.1, 0.15) is 17.7 Å². The van der Waals surface area contributed by atoms with E-state index in [1.807, 2.05) is 40.8 Å². The second kappa shape index (κ2) is 8.70. The minimum atomic E-state index is -4.43. The molecule has 0 atom stereocenters. The van der Waals surface area contributed by atoms with Gasteiger partial charge in [0, 0.05) is 27.7 Å². The van der Waals surface area contributed by atoms with Crippen LogP contribution in [0.3, 0.4) is 0 Å².